The Labute approximate surface area is 105 Å². The van der Waals surface area contributed by atoms with Gasteiger partial charge in [-0.05, 0) is 18.1 Å². The van der Waals surface area contributed by atoms with Gasteiger partial charge in [0.1, 0.15) is 5.82 Å². The molecule has 2 N–H and O–H groups in total. The van der Waals surface area contributed by atoms with Crippen molar-refractivity contribution in [3.8, 4) is 0 Å². The first-order valence-corrected chi connectivity index (χ1v) is 5.97. The summed E-state index contributed by atoms with van der Waals surface area (Å²) in [4.78, 5) is 28.2. The van der Waals surface area contributed by atoms with Crippen LogP contribution in [0.3, 0.4) is 0 Å². The van der Waals surface area contributed by atoms with Gasteiger partial charge in [-0.2, -0.15) is 0 Å². The molecular formula is C12H16N4O2. The first kappa shape index (κ1) is 12.3. The maximum absolute atomic E-state index is 11.4. The number of pyridine rings is 1. The van der Waals surface area contributed by atoms with E-state index in [9.17, 15) is 9.59 Å². The van der Waals surface area contributed by atoms with E-state index in [1.54, 1.807) is 6.20 Å². The summed E-state index contributed by atoms with van der Waals surface area (Å²) in [6.45, 7) is 3.31. The fourth-order valence-corrected chi connectivity index (χ4v) is 1.67. The number of urea groups is 1. The predicted octanol–water partition coefficient (Wildman–Crippen LogP) is 0.955. The van der Waals surface area contributed by atoms with Gasteiger partial charge in [0.25, 0.3) is 0 Å². The van der Waals surface area contributed by atoms with Crippen LogP contribution in [-0.2, 0) is 11.3 Å². The topological polar surface area (TPSA) is 74.3 Å². The summed E-state index contributed by atoms with van der Waals surface area (Å²) >= 11 is 0. The highest BCUT2D eigenvalue weighted by Gasteiger charge is 2.28. The summed E-state index contributed by atoms with van der Waals surface area (Å²) in [7, 11) is 0. The quantitative estimate of drug-likeness (QED) is 0.761. The van der Waals surface area contributed by atoms with Gasteiger partial charge in [-0.15, -0.1) is 0 Å². The third kappa shape index (κ3) is 2.77. The van der Waals surface area contributed by atoms with Crippen molar-refractivity contribution < 1.29 is 9.59 Å². The van der Waals surface area contributed by atoms with Crippen LogP contribution in [0.2, 0.25) is 0 Å². The van der Waals surface area contributed by atoms with E-state index in [1.807, 2.05) is 12.1 Å². The molecule has 0 bridgehead atoms. The zero-order valence-corrected chi connectivity index (χ0v) is 10.3. The van der Waals surface area contributed by atoms with Gasteiger partial charge in [-0.3, -0.25) is 9.69 Å². The van der Waals surface area contributed by atoms with Crippen LogP contribution in [0.15, 0.2) is 18.3 Å². The third-order valence-electron chi connectivity index (χ3n) is 2.66. The molecule has 0 unspecified atom stereocenters. The van der Waals surface area contributed by atoms with Crippen LogP contribution < -0.4 is 10.6 Å². The van der Waals surface area contributed by atoms with Crippen LogP contribution in [0.4, 0.5) is 10.6 Å². The van der Waals surface area contributed by atoms with Crippen LogP contribution in [0.5, 0.6) is 0 Å². The second kappa shape index (κ2) is 5.48. The van der Waals surface area contributed by atoms with Gasteiger partial charge in [-0.1, -0.05) is 13.0 Å². The van der Waals surface area contributed by atoms with Gasteiger partial charge in [0.2, 0.25) is 5.91 Å². The normalized spacial score (nSPS) is 14.8. The van der Waals surface area contributed by atoms with E-state index in [-0.39, 0.29) is 25.0 Å². The van der Waals surface area contributed by atoms with Crippen molar-refractivity contribution in [3.05, 3.63) is 23.9 Å². The molecular weight excluding hydrogens is 232 g/mol. The number of aromatic nitrogens is 1. The average molecular weight is 248 g/mol. The molecule has 0 spiro atoms. The number of hydrogen-bond acceptors (Lipinski definition) is 4. The number of carbonyl (C=O) groups excluding carboxylic acids is 2. The second-order valence-electron chi connectivity index (χ2n) is 4.12. The molecule has 0 atom stereocenters. The summed E-state index contributed by atoms with van der Waals surface area (Å²) in [6.07, 6.45) is 2.71. The molecule has 0 aliphatic carbocycles. The van der Waals surface area contributed by atoms with Crippen molar-refractivity contribution in [2.75, 3.05) is 18.4 Å². The Hall–Kier alpha value is -2.11. The zero-order chi connectivity index (χ0) is 13.0. The minimum absolute atomic E-state index is 0.0857. The zero-order valence-electron chi connectivity index (χ0n) is 10.3. The van der Waals surface area contributed by atoms with Crippen LogP contribution in [0, 0.1) is 0 Å². The second-order valence-corrected chi connectivity index (χ2v) is 4.12. The van der Waals surface area contributed by atoms with Crippen LogP contribution in [-0.4, -0.2) is 34.9 Å². The lowest BCUT2D eigenvalue weighted by molar-refractivity contribution is -0.125. The van der Waals surface area contributed by atoms with Crippen molar-refractivity contribution in [2.24, 2.45) is 0 Å². The number of imide groups is 1. The Morgan fingerprint density at radius 1 is 1.44 bits per heavy atom. The lowest BCUT2D eigenvalue weighted by atomic mass is 10.2. The standard InChI is InChI=1S/C12H16N4O2/c1-2-5-13-10-4-3-9(6-14-10)8-16-11(17)7-15-12(16)18/h3-4,6H,2,5,7-8H2,1H3,(H,13,14)(H,15,18). The summed E-state index contributed by atoms with van der Waals surface area (Å²) in [5, 5.41) is 5.65. The number of carbonyl (C=O) groups is 2. The summed E-state index contributed by atoms with van der Waals surface area (Å²) in [5.74, 6) is 0.603. The molecule has 18 heavy (non-hydrogen) atoms. The molecule has 0 radical (unpaired) electrons. The average Bonchev–Trinajstić information content (AvgIpc) is 2.70. The van der Waals surface area contributed by atoms with E-state index in [1.165, 1.54) is 4.90 Å². The number of nitrogens with zero attached hydrogens (tertiary/aromatic N) is 2. The van der Waals surface area contributed by atoms with Crippen molar-refractivity contribution in [1.82, 2.24) is 15.2 Å². The molecule has 1 aromatic heterocycles. The maximum atomic E-state index is 11.4. The highest BCUT2D eigenvalue weighted by atomic mass is 16.2. The van der Waals surface area contributed by atoms with Gasteiger partial charge in [0.15, 0.2) is 0 Å². The molecule has 1 aromatic rings. The first-order valence-electron chi connectivity index (χ1n) is 5.97. The molecule has 6 heteroatoms. The molecule has 1 fully saturated rings. The molecule has 1 saturated heterocycles. The SMILES string of the molecule is CCCNc1ccc(CN2C(=O)CNC2=O)cn1. The molecule has 2 rings (SSSR count). The van der Waals surface area contributed by atoms with Gasteiger partial charge < -0.3 is 10.6 Å². The molecule has 3 amide bonds. The highest BCUT2D eigenvalue weighted by molar-refractivity contribution is 6.01. The Morgan fingerprint density at radius 2 is 2.28 bits per heavy atom. The van der Waals surface area contributed by atoms with Crippen molar-refractivity contribution in [2.45, 2.75) is 19.9 Å². The van der Waals surface area contributed by atoms with Crippen molar-refractivity contribution in [3.63, 3.8) is 0 Å². The molecule has 0 saturated carbocycles. The van der Waals surface area contributed by atoms with Crippen molar-refractivity contribution in [1.29, 1.82) is 0 Å². The Kier molecular flexibility index (Phi) is 3.76. The largest absolute Gasteiger partial charge is 0.370 e. The lowest BCUT2D eigenvalue weighted by Crippen LogP contribution is -2.30. The lowest BCUT2D eigenvalue weighted by Gasteiger charge is -2.12. The number of rotatable bonds is 5. The Bertz CT molecular complexity index is 428. The monoisotopic (exact) mass is 248 g/mol. The minimum atomic E-state index is -0.340. The number of nitrogens with one attached hydrogen (secondary N) is 2. The fourth-order valence-electron chi connectivity index (χ4n) is 1.67. The van der Waals surface area contributed by atoms with E-state index in [0.29, 0.717) is 0 Å². The summed E-state index contributed by atoms with van der Waals surface area (Å²) in [6, 6.07) is 3.38. The highest BCUT2D eigenvalue weighted by Crippen LogP contribution is 2.10. The summed E-state index contributed by atoms with van der Waals surface area (Å²) in [5.41, 5.74) is 0.836. The maximum Gasteiger partial charge on any atom is 0.324 e. The van der Waals surface area contributed by atoms with Crippen LogP contribution in [0.1, 0.15) is 18.9 Å². The van der Waals surface area contributed by atoms with Gasteiger partial charge in [0.05, 0.1) is 13.1 Å². The third-order valence-corrected chi connectivity index (χ3v) is 2.66. The first-order chi connectivity index (χ1) is 8.70. The minimum Gasteiger partial charge on any atom is -0.370 e. The smallest absolute Gasteiger partial charge is 0.324 e. The molecule has 96 valence electrons. The van der Waals surface area contributed by atoms with E-state index < -0.39 is 0 Å². The molecule has 1 aliphatic heterocycles. The molecule has 2 heterocycles. The van der Waals surface area contributed by atoms with Crippen molar-refractivity contribution >= 4 is 17.8 Å². The number of hydrogen-bond donors (Lipinski definition) is 2. The molecule has 0 aromatic carbocycles. The number of anilines is 1. The van der Waals surface area contributed by atoms with E-state index in [0.717, 1.165) is 24.3 Å². The van der Waals surface area contributed by atoms with E-state index >= 15 is 0 Å². The Morgan fingerprint density at radius 3 is 2.83 bits per heavy atom. The Balaban J connectivity index is 1.97. The predicted molar refractivity (Wildman–Crippen MR) is 67.0 cm³/mol. The number of amides is 3. The van der Waals surface area contributed by atoms with Crippen LogP contribution >= 0.6 is 0 Å². The molecule has 6 nitrogen and oxygen atoms in total. The van der Waals surface area contributed by atoms with Crippen LogP contribution in [0.25, 0.3) is 0 Å². The van der Waals surface area contributed by atoms with E-state index in [4.69, 9.17) is 0 Å². The molecule has 1 aliphatic rings. The van der Waals surface area contributed by atoms with Gasteiger partial charge in [0, 0.05) is 12.7 Å². The van der Waals surface area contributed by atoms with Gasteiger partial charge in [-0.25, -0.2) is 9.78 Å². The fraction of sp³-hybridized carbons (Fsp3) is 0.417. The summed E-state index contributed by atoms with van der Waals surface area (Å²) < 4.78 is 0. The van der Waals surface area contributed by atoms with E-state index in [2.05, 4.69) is 22.5 Å². The van der Waals surface area contributed by atoms with Gasteiger partial charge >= 0.3 is 6.03 Å².